The van der Waals surface area contributed by atoms with E-state index < -0.39 is 5.82 Å². The van der Waals surface area contributed by atoms with Crippen molar-refractivity contribution < 1.29 is 9.18 Å². The molecule has 0 atom stereocenters. The Balaban J connectivity index is 1.86. The molecule has 0 aliphatic heterocycles. The molecule has 0 fully saturated rings. The molecule has 0 spiro atoms. The van der Waals surface area contributed by atoms with Gasteiger partial charge in [0.25, 0.3) is 5.91 Å². The van der Waals surface area contributed by atoms with Crippen molar-refractivity contribution in [2.45, 2.75) is 20.4 Å². The first-order valence-electron chi connectivity index (χ1n) is 8.54. The van der Waals surface area contributed by atoms with Crippen molar-refractivity contribution >= 4 is 34.8 Å². The van der Waals surface area contributed by atoms with Gasteiger partial charge in [0, 0.05) is 12.2 Å². The Morgan fingerprint density at radius 2 is 1.96 bits per heavy atom. The smallest absolute Gasteiger partial charge is 0.257 e. The van der Waals surface area contributed by atoms with Gasteiger partial charge in [-0.05, 0) is 55.1 Å². The van der Waals surface area contributed by atoms with Crippen molar-refractivity contribution in [2.75, 3.05) is 18.4 Å². The minimum absolute atomic E-state index is 0.210. The molecule has 1 amide bonds. The average Bonchev–Trinajstić information content (AvgIpc) is 2.99. The summed E-state index contributed by atoms with van der Waals surface area (Å²) in [5.41, 5.74) is 2.95. The van der Waals surface area contributed by atoms with Gasteiger partial charge in [-0.1, -0.05) is 26.0 Å². The monoisotopic (exact) mass is 372 g/mol. The molecule has 1 heterocycles. The van der Waals surface area contributed by atoms with Crippen LogP contribution in [0, 0.1) is 10.6 Å². The summed E-state index contributed by atoms with van der Waals surface area (Å²) in [7, 11) is 0. The summed E-state index contributed by atoms with van der Waals surface area (Å²) < 4.78 is 14.2. The number of carbonyl (C=O) groups is 1. The van der Waals surface area contributed by atoms with Crippen LogP contribution < -0.4 is 5.32 Å². The SMILES string of the molecule is CCN(CC)Cc1cccc(NC(=O)c2cc(F)cc3[nH]c(=S)[nH]c23)c1. The topological polar surface area (TPSA) is 63.9 Å². The minimum Gasteiger partial charge on any atom is -0.331 e. The van der Waals surface area contributed by atoms with E-state index in [9.17, 15) is 9.18 Å². The highest BCUT2D eigenvalue weighted by Crippen LogP contribution is 2.20. The van der Waals surface area contributed by atoms with Gasteiger partial charge in [-0.25, -0.2) is 4.39 Å². The lowest BCUT2D eigenvalue weighted by Gasteiger charge is -2.18. The predicted molar refractivity (Wildman–Crippen MR) is 104 cm³/mol. The number of nitrogens with one attached hydrogen (secondary N) is 3. The molecule has 26 heavy (non-hydrogen) atoms. The van der Waals surface area contributed by atoms with Crippen LogP contribution in [0.25, 0.3) is 11.0 Å². The van der Waals surface area contributed by atoms with E-state index in [1.54, 1.807) is 0 Å². The fraction of sp³-hybridized carbons (Fsp3) is 0.263. The summed E-state index contributed by atoms with van der Waals surface area (Å²) in [6, 6.07) is 10.2. The number of aromatic nitrogens is 2. The van der Waals surface area contributed by atoms with Gasteiger partial charge in [0.05, 0.1) is 16.6 Å². The van der Waals surface area contributed by atoms with Crippen molar-refractivity contribution in [3.05, 3.63) is 58.1 Å². The molecule has 7 heteroatoms. The van der Waals surface area contributed by atoms with Gasteiger partial charge in [-0.2, -0.15) is 0 Å². The molecule has 5 nitrogen and oxygen atoms in total. The van der Waals surface area contributed by atoms with E-state index in [-0.39, 0.29) is 11.5 Å². The molecule has 0 aliphatic carbocycles. The first kappa shape index (κ1) is 18.3. The number of nitrogens with zero attached hydrogens (tertiary/aromatic N) is 1. The summed E-state index contributed by atoms with van der Waals surface area (Å²) >= 11 is 5.04. The number of carbonyl (C=O) groups excluding carboxylic acids is 1. The summed E-state index contributed by atoms with van der Waals surface area (Å²) in [6.45, 7) is 6.96. The highest BCUT2D eigenvalue weighted by molar-refractivity contribution is 7.71. The van der Waals surface area contributed by atoms with Crippen LogP contribution in [0.3, 0.4) is 0 Å². The molecule has 0 saturated heterocycles. The van der Waals surface area contributed by atoms with Crippen LogP contribution in [0.4, 0.5) is 10.1 Å². The Hall–Kier alpha value is -2.51. The Labute approximate surface area is 156 Å². The van der Waals surface area contributed by atoms with E-state index in [0.717, 1.165) is 25.2 Å². The highest BCUT2D eigenvalue weighted by atomic mass is 32.1. The van der Waals surface area contributed by atoms with Gasteiger partial charge in [0.1, 0.15) is 5.82 Å². The van der Waals surface area contributed by atoms with E-state index >= 15 is 0 Å². The third-order valence-electron chi connectivity index (χ3n) is 4.32. The van der Waals surface area contributed by atoms with E-state index in [4.69, 9.17) is 12.2 Å². The number of H-pyrrole nitrogens is 2. The van der Waals surface area contributed by atoms with Crippen LogP contribution in [-0.2, 0) is 6.54 Å². The number of aromatic amines is 2. The zero-order chi connectivity index (χ0) is 18.7. The molecule has 1 aromatic heterocycles. The molecule has 0 saturated carbocycles. The maximum atomic E-state index is 13.8. The maximum Gasteiger partial charge on any atom is 0.257 e. The summed E-state index contributed by atoms with van der Waals surface area (Å²) in [4.78, 5) is 20.7. The van der Waals surface area contributed by atoms with Crippen molar-refractivity contribution in [3.8, 4) is 0 Å². The molecule has 0 bridgehead atoms. The molecular weight excluding hydrogens is 351 g/mol. The fourth-order valence-electron chi connectivity index (χ4n) is 2.94. The number of hydrogen-bond donors (Lipinski definition) is 3. The van der Waals surface area contributed by atoms with E-state index in [0.29, 0.717) is 21.5 Å². The van der Waals surface area contributed by atoms with Gasteiger partial charge in [0.2, 0.25) is 0 Å². The molecular formula is C19H21FN4OS. The molecule has 3 N–H and O–H groups in total. The van der Waals surface area contributed by atoms with Gasteiger partial charge in [0.15, 0.2) is 4.77 Å². The number of rotatable bonds is 6. The van der Waals surface area contributed by atoms with Crippen LogP contribution in [0.5, 0.6) is 0 Å². The van der Waals surface area contributed by atoms with Crippen molar-refractivity contribution in [1.82, 2.24) is 14.9 Å². The van der Waals surface area contributed by atoms with Crippen molar-refractivity contribution in [3.63, 3.8) is 0 Å². The number of hydrogen-bond acceptors (Lipinski definition) is 3. The second-order valence-electron chi connectivity index (χ2n) is 6.07. The van der Waals surface area contributed by atoms with E-state index in [1.807, 2.05) is 24.3 Å². The standard InChI is InChI=1S/C19H21FN4OS/c1-3-24(4-2)11-12-6-5-7-14(8-12)21-18(25)15-9-13(20)10-16-17(15)23-19(26)22-16/h5-10H,3-4,11H2,1-2H3,(H,21,25)(H2,22,23,26). The third-order valence-corrected chi connectivity index (χ3v) is 4.52. The van der Waals surface area contributed by atoms with Crippen LogP contribution in [0.15, 0.2) is 36.4 Å². The van der Waals surface area contributed by atoms with Crippen LogP contribution in [-0.4, -0.2) is 33.9 Å². The number of imidazole rings is 1. The van der Waals surface area contributed by atoms with Crippen molar-refractivity contribution in [1.29, 1.82) is 0 Å². The quantitative estimate of drug-likeness (QED) is 0.560. The average molecular weight is 372 g/mol. The lowest BCUT2D eigenvalue weighted by atomic mass is 10.1. The molecule has 0 unspecified atom stereocenters. The minimum atomic E-state index is -0.497. The predicted octanol–water partition coefficient (Wildman–Crippen LogP) is 4.46. The van der Waals surface area contributed by atoms with Crippen molar-refractivity contribution in [2.24, 2.45) is 0 Å². The van der Waals surface area contributed by atoms with E-state index in [2.05, 4.69) is 34.0 Å². The Morgan fingerprint density at radius 1 is 1.19 bits per heavy atom. The van der Waals surface area contributed by atoms with Crippen LogP contribution in [0.1, 0.15) is 29.8 Å². The zero-order valence-electron chi connectivity index (χ0n) is 14.7. The van der Waals surface area contributed by atoms with Crippen LogP contribution in [0.2, 0.25) is 0 Å². The lowest BCUT2D eigenvalue weighted by molar-refractivity contribution is 0.102. The van der Waals surface area contributed by atoms with Gasteiger partial charge in [-0.15, -0.1) is 0 Å². The molecule has 3 rings (SSSR count). The fourth-order valence-corrected chi connectivity index (χ4v) is 3.15. The molecule has 136 valence electrons. The number of amides is 1. The molecule has 3 aromatic rings. The Bertz CT molecular complexity index is 991. The molecule has 0 radical (unpaired) electrons. The molecule has 0 aliphatic rings. The second-order valence-corrected chi connectivity index (χ2v) is 6.48. The number of benzene rings is 2. The highest BCUT2D eigenvalue weighted by Gasteiger charge is 2.14. The van der Waals surface area contributed by atoms with Gasteiger partial charge < -0.3 is 15.3 Å². The lowest BCUT2D eigenvalue weighted by Crippen LogP contribution is -2.22. The summed E-state index contributed by atoms with van der Waals surface area (Å²) in [5, 5.41) is 2.84. The van der Waals surface area contributed by atoms with Crippen LogP contribution >= 0.6 is 12.2 Å². The summed E-state index contributed by atoms with van der Waals surface area (Å²) in [6.07, 6.45) is 0. The number of fused-ring (bicyclic) bond motifs is 1. The summed E-state index contributed by atoms with van der Waals surface area (Å²) in [5.74, 6) is -0.886. The zero-order valence-corrected chi connectivity index (χ0v) is 15.5. The van der Waals surface area contributed by atoms with Gasteiger partial charge in [-0.3, -0.25) is 9.69 Å². The molecule has 2 aromatic carbocycles. The Kier molecular flexibility index (Phi) is 5.49. The van der Waals surface area contributed by atoms with E-state index in [1.165, 1.54) is 12.1 Å². The second kappa shape index (κ2) is 7.80. The maximum absolute atomic E-state index is 13.8. The third kappa shape index (κ3) is 4.00. The first-order chi connectivity index (χ1) is 12.5. The number of anilines is 1. The number of halogens is 1. The normalized spacial score (nSPS) is 11.2. The largest absolute Gasteiger partial charge is 0.331 e. The first-order valence-corrected chi connectivity index (χ1v) is 8.95. The Morgan fingerprint density at radius 3 is 2.69 bits per heavy atom. The van der Waals surface area contributed by atoms with Gasteiger partial charge >= 0.3 is 0 Å².